The average Bonchev–Trinajstić information content (AvgIpc) is 2.46. The van der Waals surface area contributed by atoms with Crippen LogP contribution in [0.2, 0.25) is 0 Å². The van der Waals surface area contributed by atoms with Crippen molar-refractivity contribution in [3.63, 3.8) is 0 Å². The van der Waals surface area contributed by atoms with Crippen LogP contribution in [0.4, 0.5) is 0 Å². The molecule has 114 valence electrons. The molecule has 0 fully saturated rings. The Balaban J connectivity index is 3.39. The number of sulfonamides is 1. The molecule has 1 atom stereocenters. The number of rotatable bonds is 7. The Labute approximate surface area is 128 Å². The van der Waals surface area contributed by atoms with E-state index in [0.717, 1.165) is 17.5 Å². The van der Waals surface area contributed by atoms with Crippen LogP contribution in [-0.4, -0.2) is 25.3 Å². The van der Waals surface area contributed by atoms with Gasteiger partial charge in [-0.1, -0.05) is 32.9 Å². The summed E-state index contributed by atoms with van der Waals surface area (Å²) in [6, 6.07) is 5.47. The Hall–Kier alpha value is -0.580. The fourth-order valence-corrected chi connectivity index (χ4v) is 4.49. The molecule has 0 spiro atoms. The number of hydrogen-bond acceptors (Lipinski definition) is 2. The fraction of sp³-hybridized carbons (Fsp3) is 0.600. The van der Waals surface area contributed by atoms with Gasteiger partial charge in [-0.15, -0.1) is 11.6 Å². The summed E-state index contributed by atoms with van der Waals surface area (Å²) >= 11 is 5.84. The standard InChI is InChI=1S/C15H24ClNO2S/c1-5-12(4)17(7-3)20(18,19)15-10-13(11-16)8-9-14(15)6-2/h8-10,12H,5-7,11H2,1-4H3. The van der Waals surface area contributed by atoms with Gasteiger partial charge in [0.05, 0.1) is 4.90 Å². The minimum atomic E-state index is -3.46. The maximum Gasteiger partial charge on any atom is 0.243 e. The van der Waals surface area contributed by atoms with E-state index in [1.165, 1.54) is 0 Å². The van der Waals surface area contributed by atoms with E-state index in [4.69, 9.17) is 11.6 Å². The van der Waals surface area contributed by atoms with Crippen LogP contribution in [0.3, 0.4) is 0 Å². The molecule has 0 aromatic heterocycles. The molecule has 0 aliphatic carbocycles. The summed E-state index contributed by atoms with van der Waals surface area (Å²) in [7, 11) is -3.46. The molecule has 5 heteroatoms. The first-order valence-electron chi connectivity index (χ1n) is 7.11. The highest BCUT2D eigenvalue weighted by Gasteiger charge is 2.28. The van der Waals surface area contributed by atoms with Gasteiger partial charge in [-0.25, -0.2) is 8.42 Å². The lowest BCUT2D eigenvalue weighted by Crippen LogP contribution is -2.38. The molecule has 1 unspecified atom stereocenters. The summed E-state index contributed by atoms with van der Waals surface area (Å²) in [6.45, 7) is 8.26. The highest BCUT2D eigenvalue weighted by molar-refractivity contribution is 7.89. The van der Waals surface area contributed by atoms with Gasteiger partial charge in [0.25, 0.3) is 0 Å². The van der Waals surface area contributed by atoms with Gasteiger partial charge in [0.15, 0.2) is 0 Å². The van der Waals surface area contributed by atoms with Gasteiger partial charge in [-0.05, 0) is 37.0 Å². The van der Waals surface area contributed by atoms with Gasteiger partial charge in [-0.2, -0.15) is 4.31 Å². The van der Waals surface area contributed by atoms with Crippen molar-refractivity contribution in [2.75, 3.05) is 6.54 Å². The summed E-state index contributed by atoms with van der Waals surface area (Å²) in [6.07, 6.45) is 1.49. The normalized spacial score (nSPS) is 13.7. The van der Waals surface area contributed by atoms with Crippen LogP contribution in [0, 0.1) is 0 Å². The molecule has 20 heavy (non-hydrogen) atoms. The Morgan fingerprint density at radius 1 is 1.25 bits per heavy atom. The van der Waals surface area contributed by atoms with E-state index < -0.39 is 10.0 Å². The third-order valence-corrected chi connectivity index (χ3v) is 6.13. The highest BCUT2D eigenvalue weighted by atomic mass is 35.5. The maximum atomic E-state index is 12.9. The summed E-state index contributed by atoms with van der Waals surface area (Å²) < 4.78 is 27.4. The van der Waals surface area contributed by atoms with E-state index in [-0.39, 0.29) is 6.04 Å². The molecule has 3 nitrogen and oxygen atoms in total. The third-order valence-electron chi connectivity index (χ3n) is 3.65. The summed E-state index contributed by atoms with van der Waals surface area (Å²) in [5, 5.41) is 0. The van der Waals surface area contributed by atoms with Crippen LogP contribution < -0.4 is 0 Å². The summed E-state index contributed by atoms with van der Waals surface area (Å²) in [4.78, 5) is 0.403. The predicted octanol–water partition coefficient (Wildman–Crippen LogP) is 3.80. The van der Waals surface area contributed by atoms with E-state index in [1.807, 2.05) is 39.8 Å². The van der Waals surface area contributed by atoms with E-state index in [2.05, 4.69) is 0 Å². The average molecular weight is 318 g/mol. The van der Waals surface area contributed by atoms with Crippen molar-refractivity contribution >= 4 is 21.6 Å². The molecule has 0 N–H and O–H groups in total. The van der Waals surface area contributed by atoms with Crippen molar-refractivity contribution in [3.8, 4) is 0 Å². The van der Waals surface area contributed by atoms with Gasteiger partial charge in [-0.3, -0.25) is 0 Å². The molecule has 0 aliphatic rings. The lowest BCUT2D eigenvalue weighted by Gasteiger charge is -2.27. The van der Waals surface area contributed by atoms with Crippen LogP contribution in [0.5, 0.6) is 0 Å². The minimum Gasteiger partial charge on any atom is -0.207 e. The third kappa shape index (κ3) is 3.54. The van der Waals surface area contributed by atoms with E-state index in [1.54, 1.807) is 10.4 Å². The van der Waals surface area contributed by atoms with Crippen molar-refractivity contribution in [2.24, 2.45) is 0 Å². The maximum absolute atomic E-state index is 12.9. The molecule has 0 saturated carbocycles. The minimum absolute atomic E-state index is 0.00522. The summed E-state index contributed by atoms with van der Waals surface area (Å²) in [5.41, 5.74) is 1.68. The quantitative estimate of drug-likeness (QED) is 0.717. The van der Waals surface area contributed by atoms with Crippen LogP contribution >= 0.6 is 11.6 Å². The molecule has 1 rings (SSSR count). The predicted molar refractivity (Wildman–Crippen MR) is 84.7 cm³/mol. The van der Waals surface area contributed by atoms with Crippen molar-refractivity contribution in [1.82, 2.24) is 4.31 Å². The van der Waals surface area contributed by atoms with Gasteiger partial charge < -0.3 is 0 Å². The van der Waals surface area contributed by atoms with Gasteiger partial charge in [0.1, 0.15) is 0 Å². The number of alkyl halides is 1. The Morgan fingerprint density at radius 3 is 2.35 bits per heavy atom. The Kier molecular flexibility index (Phi) is 6.49. The molecule has 0 saturated heterocycles. The number of benzene rings is 1. The molecule has 0 radical (unpaired) electrons. The second kappa shape index (κ2) is 7.43. The van der Waals surface area contributed by atoms with Crippen LogP contribution in [0.15, 0.2) is 23.1 Å². The second-order valence-corrected chi connectivity index (χ2v) is 7.02. The molecule has 0 aliphatic heterocycles. The van der Waals surface area contributed by atoms with Gasteiger partial charge in [0, 0.05) is 18.5 Å². The van der Waals surface area contributed by atoms with Gasteiger partial charge >= 0.3 is 0 Å². The van der Waals surface area contributed by atoms with Crippen molar-refractivity contribution in [2.45, 2.75) is 57.4 Å². The van der Waals surface area contributed by atoms with Crippen molar-refractivity contribution in [1.29, 1.82) is 0 Å². The number of halogens is 1. The SMILES string of the molecule is CCc1ccc(CCl)cc1S(=O)(=O)N(CC)C(C)CC. The van der Waals surface area contributed by atoms with E-state index in [0.29, 0.717) is 23.7 Å². The van der Waals surface area contributed by atoms with Gasteiger partial charge in [0.2, 0.25) is 10.0 Å². The van der Waals surface area contributed by atoms with Crippen LogP contribution in [-0.2, 0) is 22.3 Å². The first kappa shape index (κ1) is 17.5. The summed E-state index contributed by atoms with van der Waals surface area (Å²) in [5.74, 6) is 0.321. The molecular weight excluding hydrogens is 294 g/mol. The van der Waals surface area contributed by atoms with E-state index >= 15 is 0 Å². The Bertz CT molecular complexity index is 543. The number of aryl methyl sites for hydroxylation is 1. The first-order valence-corrected chi connectivity index (χ1v) is 9.09. The molecular formula is C15H24ClNO2S. The molecule has 0 bridgehead atoms. The zero-order valence-corrected chi connectivity index (χ0v) is 14.3. The zero-order chi connectivity index (χ0) is 15.3. The van der Waals surface area contributed by atoms with Crippen molar-refractivity contribution in [3.05, 3.63) is 29.3 Å². The fourth-order valence-electron chi connectivity index (χ4n) is 2.26. The number of nitrogens with zero attached hydrogens (tertiary/aromatic N) is 1. The molecule has 0 heterocycles. The second-order valence-electron chi connectivity index (χ2n) is 4.89. The molecule has 0 amide bonds. The lowest BCUT2D eigenvalue weighted by molar-refractivity contribution is 0.342. The number of hydrogen-bond donors (Lipinski definition) is 0. The highest BCUT2D eigenvalue weighted by Crippen LogP contribution is 2.25. The van der Waals surface area contributed by atoms with Crippen molar-refractivity contribution < 1.29 is 8.42 Å². The topological polar surface area (TPSA) is 37.4 Å². The zero-order valence-electron chi connectivity index (χ0n) is 12.7. The first-order chi connectivity index (χ1) is 9.42. The molecule has 1 aromatic carbocycles. The van der Waals surface area contributed by atoms with Crippen LogP contribution in [0.25, 0.3) is 0 Å². The largest absolute Gasteiger partial charge is 0.243 e. The van der Waals surface area contributed by atoms with Crippen LogP contribution in [0.1, 0.15) is 45.2 Å². The molecule has 1 aromatic rings. The Morgan fingerprint density at radius 2 is 1.90 bits per heavy atom. The van der Waals surface area contributed by atoms with E-state index in [9.17, 15) is 8.42 Å². The monoisotopic (exact) mass is 317 g/mol. The lowest BCUT2D eigenvalue weighted by atomic mass is 10.1. The smallest absolute Gasteiger partial charge is 0.207 e.